The highest BCUT2D eigenvalue weighted by atomic mass is 35.5. The molecule has 0 aliphatic carbocycles. The Labute approximate surface area is 150 Å². The predicted octanol–water partition coefficient (Wildman–Crippen LogP) is 2.13. The van der Waals surface area contributed by atoms with Crippen LogP contribution in [0.2, 0.25) is 5.02 Å². The minimum atomic E-state index is -1.36. The van der Waals surface area contributed by atoms with Crippen molar-refractivity contribution in [2.24, 2.45) is 0 Å². The van der Waals surface area contributed by atoms with Gasteiger partial charge in [-0.1, -0.05) is 17.7 Å². The van der Waals surface area contributed by atoms with Gasteiger partial charge in [0.1, 0.15) is 11.6 Å². The zero-order valence-electron chi connectivity index (χ0n) is 13.3. The van der Waals surface area contributed by atoms with E-state index in [9.17, 15) is 9.35 Å². The molecule has 0 aliphatic rings. The molecule has 9 heteroatoms. The highest BCUT2D eigenvalue weighted by molar-refractivity contribution is 7.90. The van der Waals surface area contributed by atoms with Gasteiger partial charge in [-0.25, -0.2) is 9.55 Å². The molecule has 0 aliphatic heterocycles. The van der Waals surface area contributed by atoms with Gasteiger partial charge in [0.2, 0.25) is 5.78 Å². The van der Waals surface area contributed by atoms with Gasteiger partial charge in [-0.05, 0) is 24.6 Å². The van der Waals surface area contributed by atoms with Gasteiger partial charge in [0.05, 0.1) is 16.9 Å². The van der Waals surface area contributed by atoms with Crippen molar-refractivity contribution in [3.8, 4) is 5.69 Å². The van der Waals surface area contributed by atoms with E-state index in [1.165, 1.54) is 17.0 Å². The van der Waals surface area contributed by atoms with Crippen molar-refractivity contribution >= 4 is 39.6 Å². The van der Waals surface area contributed by atoms with Crippen LogP contribution in [0.4, 0.5) is 0 Å². The third-order valence-corrected chi connectivity index (χ3v) is 4.84. The second-order valence-corrected chi connectivity index (χ2v) is 7.22. The summed E-state index contributed by atoms with van der Waals surface area (Å²) in [5.41, 5.74) is 1.53. The third-order valence-electron chi connectivity index (χ3n) is 3.83. The van der Waals surface area contributed by atoms with E-state index in [1.54, 1.807) is 28.9 Å². The summed E-state index contributed by atoms with van der Waals surface area (Å²) in [4.78, 5) is 25.6. The first-order valence-electron chi connectivity index (χ1n) is 7.32. The normalized spacial score (nSPS) is 12.8. The van der Waals surface area contributed by atoms with Gasteiger partial charge in [0.25, 0.3) is 5.56 Å². The molecule has 0 radical (unpaired) electrons. The molecule has 0 spiro atoms. The second kappa shape index (κ2) is 5.83. The molecule has 7 nitrogen and oxygen atoms in total. The van der Waals surface area contributed by atoms with Crippen LogP contribution in [-0.4, -0.2) is 34.7 Å². The summed E-state index contributed by atoms with van der Waals surface area (Å²) in [6, 6.07) is 5.43. The number of aryl methyl sites for hydroxylation is 1. The second-order valence-electron chi connectivity index (χ2n) is 5.54. The lowest BCUT2D eigenvalue weighted by atomic mass is 10.2. The topological polar surface area (TPSA) is 88.1 Å². The largest absolute Gasteiger partial charge is 0.609 e. The molecular formula is C16H12ClN5O2S. The van der Waals surface area contributed by atoms with Crippen LogP contribution in [0.1, 0.15) is 5.56 Å². The molecule has 0 amide bonds. The van der Waals surface area contributed by atoms with Crippen molar-refractivity contribution in [3.63, 3.8) is 0 Å². The molecule has 0 N–H and O–H groups in total. The Bertz CT molecular complexity index is 1180. The lowest BCUT2D eigenvalue weighted by Crippen LogP contribution is -2.23. The fourth-order valence-corrected chi connectivity index (χ4v) is 3.41. The van der Waals surface area contributed by atoms with Gasteiger partial charge in [0, 0.05) is 23.6 Å². The molecule has 0 saturated heterocycles. The zero-order valence-corrected chi connectivity index (χ0v) is 14.9. The Hall–Kier alpha value is -2.42. The number of imidazole rings is 1. The Balaban J connectivity index is 2.15. The quantitative estimate of drug-likeness (QED) is 0.396. The summed E-state index contributed by atoms with van der Waals surface area (Å²) in [6.07, 6.45) is 6.13. The molecule has 1 aromatic carbocycles. The Morgan fingerprint density at radius 2 is 2.08 bits per heavy atom. The summed E-state index contributed by atoms with van der Waals surface area (Å²) < 4.78 is 14.8. The molecule has 1 atom stereocenters. The van der Waals surface area contributed by atoms with E-state index in [2.05, 4.69) is 15.0 Å². The van der Waals surface area contributed by atoms with Crippen LogP contribution in [-0.2, 0) is 11.2 Å². The van der Waals surface area contributed by atoms with Crippen molar-refractivity contribution in [3.05, 3.63) is 57.7 Å². The van der Waals surface area contributed by atoms with Crippen LogP contribution in [0.15, 0.2) is 46.7 Å². The number of nitrogens with zero attached hydrogens (tertiary/aromatic N) is 5. The Morgan fingerprint density at radius 1 is 1.28 bits per heavy atom. The van der Waals surface area contributed by atoms with Crippen LogP contribution < -0.4 is 5.56 Å². The minimum Gasteiger partial charge on any atom is -0.609 e. The van der Waals surface area contributed by atoms with Crippen molar-refractivity contribution in [1.82, 2.24) is 23.9 Å². The van der Waals surface area contributed by atoms with Crippen LogP contribution >= 0.6 is 11.6 Å². The van der Waals surface area contributed by atoms with E-state index in [0.717, 1.165) is 5.56 Å². The minimum absolute atomic E-state index is 0.160. The van der Waals surface area contributed by atoms with Gasteiger partial charge in [-0.2, -0.15) is 9.97 Å². The fraction of sp³-hybridized carbons (Fsp3) is 0.125. The first-order chi connectivity index (χ1) is 12.0. The summed E-state index contributed by atoms with van der Waals surface area (Å²) in [5, 5.41) is 0.892. The number of hydrogen-bond acceptors (Lipinski definition) is 5. The maximum absolute atomic E-state index is 13.1. The summed E-state index contributed by atoms with van der Waals surface area (Å²) in [6.45, 7) is 1.92. The molecule has 3 heterocycles. The highest BCUT2D eigenvalue weighted by Gasteiger charge is 2.19. The molecule has 0 fully saturated rings. The molecule has 3 aromatic heterocycles. The number of benzene rings is 1. The van der Waals surface area contributed by atoms with Gasteiger partial charge in [0.15, 0.2) is 5.65 Å². The number of rotatable bonds is 2. The SMILES string of the molecule is Cc1ccc(-n2c(=O)c3cnc([S+](C)[O-])nc3n3ccnc23)c(Cl)c1. The molecule has 4 aromatic rings. The Kier molecular flexibility index (Phi) is 3.75. The number of aromatic nitrogens is 5. The molecule has 0 bridgehead atoms. The van der Waals surface area contributed by atoms with Gasteiger partial charge in [-0.15, -0.1) is 0 Å². The number of hydrogen-bond donors (Lipinski definition) is 0. The lowest BCUT2D eigenvalue weighted by molar-refractivity contribution is 0.592. The monoisotopic (exact) mass is 373 g/mol. The van der Waals surface area contributed by atoms with Crippen LogP contribution in [0.3, 0.4) is 0 Å². The maximum atomic E-state index is 13.1. The molecule has 0 saturated carbocycles. The third kappa shape index (κ3) is 2.50. The zero-order chi connectivity index (χ0) is 17.7. The van der Waals surface area contributed by atoms with E-state index in [0.29, 0.717) is 22.1 Å². The predicted molar refractivity (Wildman–Crippen MR) is 96.0 cm³/mol. The summed E-state index contributed by atoms with van der Waals surface area (Å²) >= 11 is 5.00. The molecule has 25 heavy (non-hydrogen) atoms. The number of halogens is 1. The van der Waals surface area contributed by atoms with E-state index in [1.807, 2.05) is 13.0 Å². The standard InChI is InChI=1S/C16H12ClN5O2S/c1-9-3-4-12(11(17)7-9)22-14(23)10-8-19-15(25(2)24)20-13(10)21-6-5-18-16(21)22/h3-8H,1-2H3. The number of fused-ring (bicyclic) bond motifs is 3. The molecular weight excluding hydrogens is 362 g/mol. The molecule has 4 rings (SSSR count). The fourth-order valence-electron chi connectivity index (χ4n) is 2.68. The smallest absolute Gasteiger partial charge is 0.344 e. The average Bonchev–Trinajstić information content (AvgIpc) is 3.05. The van der Waals surface area contributed by atoms with Crippen LogP contribution in [0, 0.1) is 6.92 Å². The summed E-state index contributed by atoms with van der Waals surface area (Å²) in [7, 11) is 0. The average molecular weight is 374 g/mol. The van der Waals surface area contributed by atoms with E-state index < -0.39 is 11.2 Å². The van der Waals surface area contributed by atoms with E-state index in [4.69, 9.17) is 11.6 Å². The van der Waals surface area contributed by atoms with Gasteiger partial charge >= 0.3 is 5.16 Å². The van der Waals surface area contributed by atoms with Crippen LogP contribution in [0.25, 0.3) is 22.5 Å². The molecule has 1 unspecified atom stereocenters. The Morgan fingerprint density at radius 3 is 2.80 bits per heavy atom. The van der Waals surface area contributed by atoms with E-state index >= 15 is 0 Å². The van der Waals surface area contributed by atoms with Crippen molar-refractivity contribution in [2.75, 3.05) is 6.26 Å². The van der Waals surface area contributed by atoms with Crippen molar-refractivity contribution in [2.45, 2.75) is 12.1 Å². The van der Waals surface area contributed by atoms with Gasteiger partial charge < -0.3 is 4.55 Å². The van der Waals surface area contributed by atoms with Crippen LogP contribution in [0.5, 0.6) is 0 Å². The van der Waals surface area contributed by atoms with E-state index in [-0.39, 0.29) is 16.1 Å². The highest BCUT2D eigenvalue weighted by Crippen LogP contribution is 2.23. The maximum Gasteiger partial charge on any atom is 0.344 e. The van der Waals surface area contributed by atoms with Crippen molar-refractivity contribution in [1.29, 1.82) is 0 Å². The first-order valence-corrected chi connectivity index (χ1v) is 9.26. The molecule has 126 valence electrons. The lowest BCUT2D eigenvalue weighted by Gasteiger charge is -2.12. The van der Waals surface area contributed by atoms with Gasteiger partial charge in [-0.3, -0.25) is 9.20 Å². The first kappa shape index (κ1) is 16.1. The summed E-state index contributed by atoms with van der Waals surface area (Å²) in [5.74, 6) is 0.370. The van der Waals surface area contributed by atoms with Crippen molar-refractivity contribution < 1.29 is 4.55 Å².